The van der Waals surface area contributed by atoms with E-state index in [2.05, 4.69) is 19.5 Å². The minimum atomic E-state index is -4.68. The molecule has 5 atom stereocenters. The number of hydrogen-bond acceptors (Lipinski definition) is 7. The van der Waals surface area contributed by atoms with Crippen LogP contribution in [0.25, 0.3) is 11.2 Å². The van der Waals surface area contributed by atoms with E-state index in [9.17, 15) is 19.6 Å². The Morgan fingerprint density at radius 1 is 1.42 bits per heavy atom. The Morgan fingerprint density at radius 3 is 2.88 bits per heavy atom. The Bertz CT molecular complexity index is 906. The summed E-state index contributed by atoms with van der Waals surface area (Å²) in [7, 11) is -4.68. The highest BCUT2D eigenvalue weighted by atomic mass is 31.2. The van der Waals surface area contributed by atoms with Gasteiger partial charge in [0.1, 0.15) is 6.10 Å². The largest absolute Gasteiger partial charge is 0.469 e. The summed E-state index contributed by atoms with van der Waals surface area (Å²) in [4.78, 5) is 39.9. The molecule has 0 bridgehead atoms. The molecule has 2 aliphatic rings. The smallest absolute Gasteiger partial charge is 0.390 e. The second-order valence-electron chi connectivity index (χ2n) is 6.29. The van der Waals surface area contributed by atoms with Crippen molar-refractivity contribution in [2.75, 3.05) is 6.61 Å². The van der Waals surface area contributed by atoms with Gasteiger partial charge in [-0.3, -0.25) is 9.32 Å². The van der Waals surface area contributed by atoms with Crippen LogP contribution in [0.15, 0.2) is 17.4 Å². The van der Waals surface area contributed by atoms with Crippen molar-refractivity contribution < 1.29 is 29.1 Å². The number of nitrogens with zero attached hydrogens (tertiary/aromatic N) is 3. The number of H-pyrrole nitrogens is 1. The third-order valence-corrected chi connectivity index (χ3v) is 5.51. The van der Waals surface area contributed by atoms with E-state index in [1.807, 2.05) is 0 Å². The van der Waals surface area contributed by atoms with Crippen LogP contribution in [0.1, 0.15) is 12.5 Å². The Hall–Kier alpha value is -1.62. The first-order valence-corrected chi connectivity index (χ1v) is 8.74. The summed E-state index contributed by atoms with van der Waals surface area (Å²) in [6, 6.07) is -0.611. The fourth-order valence-corrected chi connectivity index (χ4v) is 4.22. The maximum Gasteiger partial charge on any atom is 0.469 e. The zero-order valence-corrected chi connectivity index (χ0v) is 13.1. The van der Waals surface area contributed by atoms with Gasteiger partial charge in [0.25, 0.3) is 5.56 Å². The minimum Gasteiger partial charge on any atom is -0.390 e. The third-order valence-electron chi connectivity index (χ3n) is 5.04. The van der Waals surface area contributed by atoms with Crippen molar-refractivity contribution in [3.63, 3.8) is 0 Å². The zero-order chi connectivity index (χ0) is 17.3. The summed E-state index contributed by atoms with van der Waals surface area (Å²) in [6.45, 7) is -0.364. The standard InChI is InChI=1S/C12H15N4O7P/c17-8-7(16-4-15-6-10(16)13-3-14-11(6)19)5-1-12(5,9(8)18)2-23-24(20,21)22/h3-5,7-9,17-18H,1-2H2,(H,13,14,19)(H2,20,21,22)/t5-,7-,8+,9+,12-/m1/s1. The van der Waals surface area contributed by atoms with Crippen molar-refractivity contribution in [1.82, 2.24) is 19.5 Å². The number of aliphatic hydroxyl groups excluding tert-OH is 2. The van der Waals surface area contributed by atoms with Gasteiger partial charge in [-0.2, -0.15) is 0 Å². The molecule has 0 saturated heterocycles. The van der Waals surface area contributed by atoms with E-state index in [0.717, 1.165) is 0 Å². The van der Waals surface area contributed by atoms with E-state index in [1.54, 1.807) is 0 Å². The highest BCUT2D eigenvalue weighted by molar-refractivity contribution is 7.46. The second kappa shape index (κ2) is 4.94. The van der Waals surface area contributed by atoms with Crippen molar-refractivity contribution in [1.29, 1.82) is 0 Å². The molecular weight excluding hydrogens is 343 g/mol. The highest BCUT2D eigenvalue weighted by Gasteiger charge is 2.72. The minimum absolute atomic E-state index is 0.115. The van der Waals surface area contributed by atoms with Crippen LogP contribution in [0.5, 0.6) is 0 Å². The predicted octanol–water partition coefficient (Wildman–Crippen LogP) is -1.49. The van der Waals surface area contributed by atoms with Crippen LogP contribution in [-0.2, 0) is 9.09 Å². The van der Waals surface area contributed by atoms with Crippen molar-refractivity contribution in [2.45, 2.75) is 24.7 Å². The van der Waals surface area contributed by atoms with Crippen LogP contribution in [0.4, 0.5) is 0 Å². The first-order valence-electron chi connectivity index (χ1n) is 7.21. The number of nitrogens with one attached hydrogen (secondary N) is 1. The molecule has 5 N–H and O–H groups in total. The number of fused-ring (bicyclic) bond motifs is 2. The van der Waals surface area contributed by atoms with Crippen LogP contribution in [0, 0.1) is 11.3 Å². The Labute approximate surface area is 134 Å². The van der Waals surface area contributed by atoms with Gasteiger partial charge in [0.2, 0.25) is 0 Å². The number of imidazole rings is 1. The molecule has 0 unspecified atom stereocenters. The van der Waals surface area contributed by atoms with E-state index >= 15 is 0 Å². The molecule has 4 rings (SSSR count). The van der Waals surface area contributed by atoms with E-state index < -0.39 is 37.0 Å². The van der Waals surface area contributed by atoms with Gasteiger partial charge < -0.3 is 29.6 Å². The SMILES string of the molecule is O=c1[nH]cnc2c1ncn2[C@H]1[C@H](O)[C@H](O)[C@@]2(COP(=O)(O)O)C[C@H]12. The summed E-state index contributed by atoms with van der Waals surface area (Å²) >= 11 is 0. The number of rotatable bonds is 4. The maximum atomic E-state index is 11.7. The summed E-state index contributed by atoms with van der Waals surface area (Å²) < 4.78 is 17.0. The number of hydrogen-bond donors (Lipinski definition) is 5. The molecule has 0 spiro atoms. The molecule has 0 radical (unpaired) electrons. The molecule has 2 fully saturated rings. The van der Waals surface area contributed by atoms with E-state index in [4.69, 9.17) is 9.79 Å². The molecule has 2 aromatic rings. The van der Waals surface area contributed by atoms with E-state index in [1.165, 1.54) is 17.2 Å². The Morgan fingerprint density at radius 2 is 2.17 bits per heavy atom. The molecule has 0 aromatic carbocycles. The van der Waals surface area contributed by atoms with Crippen molar-refractivity contribution in [3.05, 3.63) is 23.0 Å². The van der Waals surface area contributed by atoms with Crippen LogP contribution in [0.2, 0.25) is 0 Å². The first-order chi connectivity index (χ1) is 11.2. The molecule has 2 heterocycles. The Balaban J connectivity index is 1.69. The van der Waals surface area contributed by atoms with Crippen molar-refractivity contribution in [2.24, 2.45) is 11.3 Å². The van der Waals surface area contributed by atoms with Gasteiger partial charge in [-0.25, -0.2) is 14.5 Å². The monoisotopic (exact) mass is 358 g/mol. The molecular formula is C12H15N4O7P. The summed E-state index contributed by atoms with van der Waals surface area (Å²) in [5, 5.41) is 20.7. The lowest BCUT2D eigenvalue weighted by atomic mass is 10.0. The summed E-state index contributed by atoms with van der Waals surface area (Å²) in [6.07, 6.45) is 0.614. The number of aromatic nitrogens is 4. The molecule has 2 aliphatic carbocycles. The topological polar surface area (TPSA) is 171 Å². The molecule has 2 aromatic heterocycles. The van der Waals surface area contributed by atoms with Gasteiger partial charge >= 0.3 is 7.82 Å². The number of phosphoric ester groups is 1. The van der Waals surface area contributed by atoms with Crippen LogP contribution in [-0.4, -0.2) is 58.3 Å². The molecule has 11 nitrogen and oxygen atoms in total. The van der Waals surface area contributed by atoms with E-state index in [0.29, 0.717) is 6.42 Å². The lowest BCUT2D eigenvalue weighted by molar-refractivity contribution is -0.0297. The second-order valence-corrected chi connectivity index (χ2v) is 7.53. The van der Waals surface area contributed by atoms with Crippen LogP contribution >= 0.6 is 7.82 Å². The average molecular weight is 358 g/mol. The summed E-state index contributed by atoms with van der Waals surface area (Å²) in [5.41, 5.74) is -0.959. The average Bonchev–Trinajstić information content (AvgIpc) is 3.00. The predicted molar refractivity (Wildman–Crippen MR) is 77.7 cm³/mol. The molecule has 0 aliphatic heterocycles. The van der Waals surface area contributed by atoms with E-state index in [-0.39, 0.29) is 23.7 Å². The van der Waals surface area contributed by atoms with Gasteiger partial charge in [-0.1, -0.05) is 0 Å². The fourth-order valence-electron chi connectivity index (χ4n) is 3.81. The van der Waals surface area contributed by atoms with Crippen molar-refractivity contribution >= 4 is 19.0 Å². The highest BCUT2D eigenvalue weighted by Crippen LogP contribution is 2.68. The number of aromatic amines is 1. The van der Waals surface area contributed by atoms with Gasteiger partial charge in [0, 0.05) is 5.41 Å². The van der Waals surface area contributed by atoms with Gasteiger partial charge in [0.15, 0.2) is 11.2 Å². The first kappa shape index (κ1) is 15.9. The number of aliphatic hydroxyl groups is 2. The normalized spacial score (nSPS) is 35.3. The molecule has 130 valence electrons. The third kappa shape index (κ3) is 2.17. The maximum absolute atomic E-state index is 11.7. The molecule has 24 heavy (non-hydrogen) atoms. The van der Waals surface area contributed by atoms with Gasteiger partial charge in [0.05, 0.1) is 31.4 Å². The zero-order valence-electron chi connectivity index (χ0n) is 12.2. The fraction of sp³-hybridized carbons (Fsp3) is 0.583. The Kier molecular flexibility index (Phi) is 3.27. The molecule has 2 saturated carbocycles. The lowest BCUT2D eigenvalue weighted by Crippen LogP contribution is -2.35. The van der Waals surface area contributed by atoms with Crippen molar-refractivity contribution in [3.8, 4) is 0 Å². The van der Waals surface area contributed by atoms with Gasteiger partial charge in [-0.05, 0) is 12.3 Å². The molecule has 0 amide bonds. The quantitative estimate of drug-likeness (QED) is 0.408. The van der Waals surface area contributed by atoms with Crippen LogP contribution < -0.4 is 5.56 Å². The molecule has 12 heteroatoms. The number of phosphoric acid groups is 1. The lowest BCUT2D eigenvalue weighted by Gasteiger charge is -2.24. The van der Waals surface area contributed by atoms with Gasteiger partial charge in [-0.15, -0.1) is 0 Å². The van der Waals surface area contributed by atoms with Crippen LogP contribution in [0.3, 0.4) is 0 Å². The summed E-state index contributed by atoms with van der Waals surface area (Å²) in [5.74, 6) is -0.271.